The Morgan fingerprint density at radius 3 is 2.37 bits per heavy atom. The van der Waals surface area contributed by atoms with E-state index in [2.05, 4.69) is 5.10 Å². The van der Waals surface area contributed by atoms with Gasteiger partial charge in [-0.2, -0.15) is 10.1 Å². The molecule has 4 atom stereocenters. The smallest absolute Gasteiger partial charge is 0.315 e. The lowest BCUT2D eigenvalue weighted by Crippen LogP contribution is -2.28. The van der Waals surface area contributed by atoms with Crippen molar-refractivity contribution in [3.8, 4) is 11.5 Å². The number of imide groups is 1. The molecule has 35 heavy (non-hydrogen) atoms. The highest BCUT2D eigenvalue weighted by Crippen LogP contribution is 2.52. The van der Waals surface area contributed by atoms with Crippen molar-refractivity contribution in [2.24, 2.45) is 28.8 Å². The number of ether oxygens (including phenoxy) is 2. The molecule has 1 saturated heterocycles. The van der Waals surface area contributed by atoms with Crippen LogP contribution in [0.2, 0.25) is 5.02 Å². The summed E-state index contributed by atoms with van der Waals surface area (Å²) in [6, 6.07) is 9.74. The Morgan fingerprint density at radius 1 is 1.11 bits per heavy atom. The Balaban J connectivity index is 1.41. The summed E-state index contributed by atoms with van der Waals surface area (Å²) in [7, 11) is 0. The fourth-order valence-corrected chi connectivity index (χ4v) is 5.21. The number of amides is 2. The minimum Gasteiger partial charge on any atom is -0.490 e. The van der Waals surface area contributed by atoms with Crippen molar-refractivity contribution in [2.45, 2.75) is 20.0 Å². The summed E-state index contributed by atoms with van der Waals surface area (Å²) >= 11 is 5.91. The van der Waals surface area contributed by atoms with E-state index < -0.39 is 4.92 Å². The number of nitro groups is 1. The second-order valence-electron chi connectivity index (χ2n) is 8.71. The van der Waals surface area contributed by atoms with Crippen molar-refractivity contribution in [1.82, 2.24) is 5.01 Å². The molecule has 2 aromatic rings. The van der Waals surface area contributed by atoms with Crippen molar-refractivity contribution >= 4 is 35.3 Å². The predicted octanol–water partition coefficient (Wildman–Crippen LogP) is 4.37. The summed E-state index contributed by atoms with van der Waals surface area (Å²) in [5.74, 6) is -1.09. The molecule has 0 N–H and O–H groups in total. The van der Waals surface area contributed by atoms with Gasteiger partial charge in [0.25, 0.3) is 11.8 Å². The topological polar surface area (TPSA) is 111 Å². The standard InChI is InChI=1S/C25H22ClN3O6/c1-2-34-20-10-15(9-19(29(32)33)23(20)35-13-14-3-7-18(26)8-4-14)12-27-28-24(30)21-16-5-6-17(11-16)22(21)25(28)31/h3-10,12,16-17,21-22H,2,11,13H2,1H3/t16-,17-,21-,22+/m0/s1. The molecule has 10 heteroatoms. The third kappa shape index (κ3) is 4.16. The molecule has 180 valence electrons. The first-order valence-electron chi connectivity index (χ1n) is 11.3. The van der Waals surface area contributed by atoms with E-state index in [1.165, 1.54) is 18.3 Å². The van der Waals surface area contributed by atoms with Gasteiger partial charge < -0.3 is 9.47 Å². The second kappa shape index (κ2) is 9.14. The van der Waals surface area contributed by atoms with Crippen LogP contribution in [-0.4, -0.2) is 34.6 Å². The Kier molecular flexibility index (Phi) is 6.02. The van der Waals surface area contributed by atoms with Crippen molar-refractivity contribution in [3.63, 3.8) is 0 Å². The Bertz CT molecular complexity index is 1230. The first-order chi connectivity index (χ1) is 16.9. The highest BCUT2D eigenvalue weighted by Gasteiger charge is 2.59. The van der Waals surface area contributed by atoms with Gasteiger partial charge in [-0.3, -0.25) is 19.7 Å². The number of hydrogen-bond acceptors (Lipinski definition) is 7. The number of carbonyl (C=O) groups is 2. The van der Waals surface area contributed by atoms with Crippen LogP contribution >= 0.6 is 11.6 Å². The molecular weight excluding hydrogens is 474 g/mol. The van der Waals surface area contributed by atoms with Crippen molar-refractivity contribution in [3.05, 3.63) is 74.8 Å². The van der Waals surface area contributed by atoms with Gasteiger partial charge in [0.1, 0.15) is 6.61 Å². The lowest BCUT2D eigenvalue weighted by atomic mass is 9.85. The van der Waals surface area contributed by atoms with Crippen LogP contribution in [0.25, 0.3) is 0 Å². The first-order valence-corrected chi connectivity index (χ1v) is 11.7. The van der Waals surface area contributed by atoms with Gasteiger partial charge in [-0.15, -0.1) is 0 Å². The van der Waals surface area contributed by atoms with Crippen LogP contribution in [0, 0.1) is 33.8 Å². The first kappa shape index (κ1) is 23.0. The summed E-state index contributed by atoms with van der Waals surface area (Å²) in [6.45, 7) is 2.07. The van der Waals surface area contributed by atoms with Crippen molar-refractivity contribution < 1.29 is 24.0 Å². The predicted molar refractivity (Wildman–Crippen MR) is 127 cm³/mol. The van der Waals surface area contributed by atoms with E-state index in [4.69, 9.17) is 21.1 Å². The number of hydrogen-bond donors (Lipinski definition) is 0. The van der Waals surface area contributed by atoms with Crippen LogP contribution < -0.4 is 9.47 Å². The number of hydrazone groups is 1. The average Bonchev–Trinajstić information content (AvgIpc) is 3.52. The number of nitro benzene ring substituents is 1. The van der Waals surface area contributed by atoms with Crippen LogP contribution in [0.5, 0.6) is 11.5 Å². The zero-order valence-corrected chi connectivity index (χ0v) is 19.6. The number of allylic oxidation sites excluding steroid dienone is 2. The van der Waals surface area contributed by atoms with Crippen LogP contribution in [0.1, 0.15) is 24.5 Å². The van der Waals surface area contributed by atoms with Crippen LogP contribution in [0.3, 0.4) is 0 Å². The summed E-state index contributed by atoms with van der Waals surface area (Å²) in [5, 5.41) is 17.4. The molecule has 0 unspecified atom stereocenters. The minimum atomic E-state index is -0.572. The van der Waals surface area contributed by atoms with E-state index in [-0.39, 0.29) is 65.9 Å². The molecule has 2 aromatic carbocycles. The molecule has 1 aliphatic heterocycles. The Labute approximate surface area is 206 Å². The minimum absolute atomic E-state index is 0.0190. The highest BCUT2D eigenvalue weighted by atomic mass is 35.5. The van der Waals surface area contributed by atoms with Crippen LogP contribution in [-0.2, 0) is 16.2 Å². The Morgan fingerprint density at radius 2 is 1.77 bits per heavy atom. The monoisotopic (exact) mass is 495 g/mol. The number of nitrogens with zero attached hydrogens (tertiary/aromatic N) is 3. The van der Waals surface area contributed by atoms with E-state index >= 15 is 0 Å². The third-order valence-electron chi connectivity index (χ3n) is 6.62. The lowest BCUT2D eigenvalue weighted by Gasteiger charge is -2.14. The fraction of sp³-hybridized carbons (Fsp3) is 0.320. The normalized spacial score (nSPS) is 24.5. The quantitative estimate of drug-likeness (QED) is 0.177. The molecule has 0 aromatic heterocycles. The molecule has 5 rings (SSSR count). The number of fused-ring (bicyclic) bond motifs is 5. The molecule has 2 aliphatic carbocycles. The number of halogens is 1. The molecular formula is C25H22ClN3O6. The van der Waals surface area contributed by atoms with E-state index in [0.717, 1.165) is 17.0 Å². The van der Waals surface area contributed by atoms with Gasteiger partial charge in [-0.25, -0.2) is 0 Å². The zero-order valence-electron chi connectivity index (χ0n) is 18.8. The summed E-state index contributed by atoms with van der Waals surface area (Å²) in [6.07, 6.45) is 6.10. The molecule has 2 bridgehead atoms. The molecule has 9 nitrogen and oxygen atoms in total. The van der Waals surface area contributed by atoms with Gasteiger partial charge in [0.15, 0.2) is 5.75 Å². The van der Waals surface area contributed by atoms with E-state index in [1.54, 1.807) is 31.2 Å². The van der Waals surface area contributed by atoms with E-state index in [1.807, 2.05) is 12.2 Å². The van der Waals surface area contributed by atoms with Gasteiger partial charge in [0.05, 0.1) is 29.6 Å². The molecule has 1 heterocycles. The Hall–Kier alpha value is -3.72. The maximum Gasteiger partial charge on any atom is 0.315 e. The molecule has 3 aliphatic rings. The van der Waals surface area contributed by atoms with Gasteiger partial charge in [0, 0.05) is 16.7 Å². The summed E-state index contributed by atoms with van der Waals surface area (Å²) in [4.78, 5) is 37.0. The lowest BCUT2D eigenvalue weighted by molar-refractivity contribution is -0.386. The maximum atomic E-state index is 12.8. The summed E-state index contributed by atoms with van der Waals surface area (Å²) in [5.41, 5.74) is 0.763. The largest absolute Gasteiger partial charge is 0.490 e. The molecule has 1 saturated carbocycles. The molecule has 2 amide bonds. The zero-order chi connectivity index (χ0) is 24.7. The number of rotatable bonds is 8. The second-order valence-corrected chi connectivity index (χ2v) is 9.14. The van der Waals surface area contributed by atoms with Gasteiger partial charge in [0.2, 0.25) is 5.75 Å². The van der Waals surface area contributed by atoms with Crippen LogP contribution in [0.4, 0.5) is 5.69 Å². The number of carbonyl (C=O) groups excluding carboxylic acids is 2. The maximum absolute atomic E-state index is 12.8. The molecule has 0 radical (unpaired) electrons. The van der Waals surface area contributed by atoms with Crippen molar-refractivity contribution in [1.29, 1.82) is 0 Å². The van der Waals surface area contributed by atoms with E-state index in [9.17, 15) is 19.7 Å². The molecule has 0 spiro atoms. The summed E-state index contributed by atoms with van der Waals surface area (Å²) < 4.78 is 11.4. The van der Waals surface area contributed by atoms with Gasteiger partial charge in [-0.05, 0) is 48.9 Å². The highest BCUT2D eigenvalue weighted by molar-refractivity contribution is 6.30. The third-order valence-corrected chi connectivity index (χ3v) is 6.87. The van der Waals surface area contributed by atoms with Gasteiger partial charge in [-0.1, -0.05) is 35.9 Å². The average molecular weight is 496 g/mol. The fourth-order valence-electron chi connectivity index (χ4n) is 5.09. The van der Waals surface area contributed by atoms with E-state index in [0.29, 0.717) is 10.6 Å². The van der Waals surface area contributed by atoms with Crippen LogP contribution in [0.15, 0.2) is 53.7 Å². The number of benzene rings is 2. The van der Waals surface area contributed by atoms with Crippen molar-refractivity contribution in [2.75, 3.05) is 6.61 Å². The van der Waals surface area contributed by atoms with Gasteiger partial charge >= 0.3 is 5.69 Å². The molecule has 2 fully saturated rings. The SMILES string of the molecule is CCOc1cc(C=NN2C(=O)[C@@H]3[C@H](C2=O)[C@H]2C=C[C@H]3C2)cc([N+](=O)[O-])c1OCc1ccc(Cl)cc1.